The number of nitrogens with zero attached hydrogens (tertiary/aromatic N) is 2. The summed E-state index contributed by atoms with van der Waals surface area (Å²) in [5.74, 6) is -0.195. The van der Waals surface area contributed by atoms with Crippen LogP contribution >= 0.6 is 0 Å². The van der Waals surface area contributed by atoms with Crippen molar-refractivity contribution in [3.63, 3.8) is 0 Å². The zero-order valence-corrected chi connectivity index (χ0v) is 12.7. The van der Waals surface area contributed by atoms with E-state index >= 15 is 0 Å². The molecular formula is C11H17N3O6S. The molecule has 9 nitrogen and oxygen atoms in total. The van der Waals surface area contributed by atoms with Crippen LogP contribution in [0.1, 0.15) is 0 Å². The Morgan fingerprint density at radius 2 is 2.00 bits per heavy atom. The van der Waals surface area contributed by atoms with Crippen LogP contribution in [0.15, 0.2) is 17.0 Å². The second kappa shape index (κ2) is 6.70. The SMILES string of the molecule is COc1c(OCCN(C)C)cc([N+](=O)[O-])cc1S(N)(=O)=O. The summed E-state index contributed by atoms with van der Waals surface area (Å²) in [6, 6.07) is 1.94. The van der Waals surface area contributed by atoms with Crippen LogP contribution in [0.5, 0.6) is 11.5 Å². The van der Waals surface area contributed by atoms with E-state index in [0.29, 0.717) is 6.54 Å². The molecule has 0 spiro atoms. The van der Waals surface area contributed by atoms with Crippen molar-refractivity contribution < 1.29 is 22.8 Å². The second-order valence-corrected chi connectivity index (χ2v) is 5.96. The van der Waals surface area contributed by atoms with E-state index in [4.69, 9.17) is 14.6 Å². The first kappa shape index (κ1) is 17.1. The van der Waals surface area contributed by atoms with Crippen LogP contribution < -0.4 is 14.6 Å². The molecule has 0 aliphatic carbocycles. The number of methoxy groups -OCH3 is 1. The largest absolute Gasteiger partial charge is 0.492 e. The first-order chi connectivity index (χ1) is 9.66. The second-order valence-electron chi connectivity index (χ2n) is 4.43. The molecule has 118 valence electrons. The van der Waals surface area contributed by atoms with Gasteiger partial charge in [0.25, 0.3) is 5.69 Å². The lowest BCUT2D eigenvalue weighted by Crippen LogP contribution is -2.20. The molecule has 1 rings (SSSR count). The number of benzene rings is 1. The standard InChI is InChI=1S/C11H17N3O6S/c1-13(2)4-5-20-9-6-8(14(15)16)7-10(11(9)19-3)21(12,17)18/h6-7H,4-5H2,1-3H3,(H2,12,17,18). The molecule has 0 fully saturated rings. The maximum Gasteiger partial charge on any atom is 0.274 e. The van der Waals surface area contributed by atoms with Gasteiger partial charge >= 0.3 is 0 Å². The summed E-state index contributed by atoms with van der Waals surface area (Å²) in [5, 5.41) is 15.9. The highest BCUT2D eigenvalue weighted by atomic mass is 32.2. The van der Waals surface area contributed by atoms with Gasteiger partial charge in [-0.3, -0.25) is 10.1 Å². The van der Waals surface area contributed by atoms with E-state index in [9.17, 15) is 18.5 Å². The average Bonchev–Trinajstić information content (AvgIpc) is 2.36. The van der Waals surface area contributed by atoms with Gasteiger partial charge in [0.2, 0.25) is 10.0 Å². The van der Waals surface area contributed by atoms with Crippen LogP contribution in [0, 0.1) is 10.1 Å². The molecular weight excluding hydrogens is 302 g/mol. The number of nitro benzene ring substituents is 1. The van der Waals surface area contributed by atoms with Crippen molar-refractivity contribution in [2.24, 2.45) is 5.14 Å². The Labute approximate surface area is 122 Å². The number of hydrogen-bond donors (Lipinski definition) is 1. The number of ether oxygens (including phenoxy) is 2. The summed E-state index contributed by atoms with van der Waals surface area (Å²) in [4.78, 5) is 11.5. The molecule has 0 saturated carbocycles. The molecule has 10 heteroatoms. The zero-order chi connectivity index (χ0) is 16.2. The van der Waals surface area contributed by atoms with Gasteiger partial charge in [-0.15, -0.1) is 0 Å². The van der Waals surface area contributed by atoms with E-state index in [2.05, 4.69) is 0 Å². The minimum atomic E-state index is -4.19. The first-order valence-electron chi connectivity index (χ1n) is 5.83. The maximum atomic E-state index is 11.5. The molecule has 0 atom stereocenters. The van der Waals surface area contributed by atoms with Crippen LogP contribution in [0.25, 0.3) is 0 Å². The third-order valence-corrected chi connectivity index (χ3v) is 3.44. The molecule has 0 radical (unpaired) electrons. The molecule has 0 unspecified atom stereocenters. The molecule has 0 aromatic heterocycles. The highest BCUT2D eigenvalue weighted by molar-refractivity contribution is 7.89. The van der Waals surface area contributed by atoms with Crippen LogP contribution in [0.3, 0.4) is 0 Å². The third kappa shape index (κ3) is 4.55. The van der Waals surface area contributed by atoms with Crippen molar-refractivity contribution in [3.8, 4) is 11.5 Å². The quantitative estimate of drug-likeness (QED) is 0.561. The number of nitro groups is 1. The van der Waals surface area contributed by atoms with Crippen molar-refractivity contribution in [2.45, 2.75) is 4.90 Å². The van der Waals surface area contributed by atoms with Crippen molar-refractivity contribution in [1.29, 1.82) is 0 Å². The van der Waals surface area contributed by atoms with E-state index in [1.54, 1.807) is 0 Å². The Hall–Kier alpha value is -1.91. The van der Waals surface area contributed by atoms with Gasteiger partial charge in [-0.25, -0.2) is 13.6 Å². The maximum absolute atomic E-state index is 11.5. The Balaban J connectivity index is 3.32. The lowest BCUT2D eigenvalue weighted by Gasteiger charge is -2.15. The number of nitrogens with two attached hydrogens (primary N) is 1. The summed E-state index contributed by atoms with van der Waals surface area (Å²) in [6.45, 7) is 0.741. The lowest BCUT2D eigenvalue weighted by molar-refractivity contribution is -0.385. The highest BCUT2D eigenvalue weighted by Crippen LogP contribution is 2.37. The molecule has 2 N–H and O–H groups in total. The fraction of sp³-hybridized carbons (Fsp3) is 0.455. The van der Waals surface area contributed by atoms with Crippen LogP contribution in [-0.2, 0) is 10.0 Å². The topological polar surface area (TPSA) is 125 Å². The monoisotopic (exact) mass is 319 g/mol. The molecule has 0 heterocycles. The minimum Gasteiger partial charge on any atom is -0.492 e. The lowest BCUT2D eigenvalue weighted by atomic mass is 10.3. The van der Waals surface area contributed by atoms with Crippen molar-refractivity contribution >= 4 is 15.7 Å². The predicted molar refractivity (Wildman–Crippen MR) is 75.1 cm³/mol. The predicted octanol–water partition coefficient (Wildman–Crippen LogP) is 0.191. The summed E-state index contributed by atoms with van der Waals surface area (Å²) in [5.41, 5.74) is -0.445. The number of primary sulfonamides is 1. The number of likely N-dealkylation sites (N-methyl/N-ethyl adjacent to an activating group) is 1. The fourth-order valence-electron chi connectivity index (χ4n) is 1.53. The Bertz CT molecular complexity index is 629. The van der Waals surface area contributed by atoms with Gasteiger partial charge in [-0.1, -0.05) is 0 Å². The van der Waals surface area contributed by atoms with Crippen molar-refractivity contribution in [3.05, 3.63) is 22.2 Å². The Morgan fingerprint density at radius 3 is 2.43 bits per heavy atom. The minimum absolute atomic E-state index is 0.0439. The van der Waals surface area contributed by atoms with Gasteiger partial charge in [0, 0.05) is 12.6 Å². The van der Waals surface area contributed by atoms with E-state index < -0.39 is 25.5 Å². The fourth-order valence-corrected chi connectivity index (χ4v) is 2.25. The van der Waals surface area contributed by atoms with Gasteiger partial charge in [0.05, 0.1) is 18.1 Å². The van der Waals surface area contributed by atoms with Crippen LogP contribution in [0.4, 0.5) is 5.69 Å². The summed E-state index contributed by atoms with van der Waals surface area (Å²) < 4.78 is 33.4. The van der Waals surface area contributed by atoms with E-state index in [0.717, 1.165) is 12.1 Å². The van der Waals surface area contributed by atoms with Crippen molar-refractivity contribution in [2.75, 3.05) is 34.4 Å². The van der Waals surface area contributed by atoms with Gasteiger partial charge in [-0.05, 0) is 14.1 Å². The highest BCUT2D eigenvalue weighted by Gasteiger charge is 2.25. The number of hydrogen-bond acceptors (Lipinski definition) is 7. The number of sulfonamides is 1. The molecule has 1 aromatic carbocycles. The molecule has 0 aliphatic rings. The van der Waals surface area contributed by atoms with E-state index in [1.165, 1.54) is 7.11 Å². The molecule has 21 heavy (non-hydrogen) atoms. The summed E-state index contributed by atoms with van der Waals surface area (Å²) in [6.07, 6.45) is 0. The Morgan fingerprint density at radius 1 is 1.38 bits per heavy atom. The molecule has 0 bridgehead atoms. The summed E-state index contributed by atoms with van der Waals surface area (Å²) in [7, 11) is 0.692. The van der Waals surface area contributed by atoms with Gasteiger partial charge in [0.1, 0.15) is 11.5 Å². The zero-order valence-electron chi connectivity index (χ0n) is 11.9. The average molecular weight is 319 g/mol. The molecule has 0 saturated heterocycles. The van der Waals surface area contributed by atoms with E-state index in [-0.39, 0.29) is 18.1 Å². The molecule has 0 aliphatic heterocycles. The normalized spacial score (nSPS) is 11.5. The van der Waals surface area contributed by atoms with Crippen molar-refractivity contribution in [1.82, 2.24) is 4.90 Å². The molecule has 0 amide bonds. The Kier molecular flexibility index (Phi) is 5.47. The third-order valence-electron chi connectivity index (χ3n) is 2.52. The molecule has 1 aromatic rings. The number of non-ortho nitro benzene ring substituents is 1. The summed E-state index contributed by atoms with van der Waals surface area (Å²) >= 11 is 0. The van der Waals surface area contributed by atoms with Gasteiger partial charge in [-0.2, -0.15) is 0 Å². The smallest absolute Gasteiger partial charge is 0.274 e. The number of rotatable bonds is 7. The first-order valence-corrected chi connectivity index (χ1v) is 7.38. The van der Waals surface area contributed by atoms with Crippen LogP contribution in [-0.4, -0.2) is 52.6 Å². The van der Waals surface area contributed by atoms with Crippen LogP contribution in [0.2, 0.25) is 0 Å². The van der Waals surface area contributed by atoms with Gasteiger partial charge < -0.3 is 14.4 Å². The van der Waals surface area contributed by atoms with E-state index in [1.807, 2.05) is 19.0 Å². The van der Waals surface area contributed by atoms with Gasteiger partial charge in [0.15, 0.2) is 11.5 Å².